The number of para-hydroxylation sites is 1. The van der Waals surface area contributed by atoms with E-state index in [9.17, 15) is 4.79 Å². The molecule has 0 amide bonds. The molecule has 1 heterocycles. The van der Waals surface area contributed by atoms with E-state index in [1.165, 1.54) is 0 Å². The zero-order chi connectivity index (χ0) is 11.7. The minimum absolute atomic E-state index is 0.145. The number of carbonyl (C=O) groups is 1. The summed E-state index contributed by atoms with van der Waals surface area (Å²) in [6.07, 6.45) is 0.145. The minimum Gasteiger partial charge on any atom is -0.481 e. The quantitative estimate of drug-likeness (QED) is 0.939. The normalized spacial score (nSPS) is 10.9. The molecule has 84 valence electrons. The third-order valence-corrected chi connectivity index (χ3v) is 3.70. The summed E-state index contributed by atoms with van der Waals surface area (Å²) in [5, 5.41) is 9.85. The van der Waals surface area contributed by atoms with Crippen molar-refractivity contribution in [2.45, 2.75) is 19.9 Å². The summed E-state index contributed by atoms with van der Waals surface area (Å²) in [5.74, 6) is -0.770. The number of aryl methyl sites for hydroxylation is 1. The second kappa shape index (κ2) is 4.29. The van der Waals surface area contributed by atoms with Crippen LogP contribution in [0.2, 0.25) is 0 Å². The van der Waals surface area contributed by atoms with Gasteiger partial charge in [-0.1, -0.05) is 18.2 Å². The highest BCUT2D eigenvalue weighted by Gasteiger charge is 2.11. The number of hydrogen-bond donors (Lipinski definition) is 1. The SMILES string of the molecule is Cc1c(Br)c2ccccc2n1CCC(=O)O. The van der Waals surface area contributed by atoms with Gasteiger partial charge in [-0.05, 0) is 28.9 Å². The van der Waals surface area contributed by atoms with Crippen LogP contribution in [0.3, 0.4) is 0 Å². The molecule has 1 N–H and O–H groups in total. The Morgan fingerprint density at radius 2 is 2.12 bits per heavy atom. The van der Waals surface area contributed by atoms with E-state index in [2.05, 4.69) is 15.9 Å². The number of nitrogens with zero attached hydrogens (tertiary/aromatic N) is 1. The highest BCUT2D eigenvalue weighted by atomic mass is 79.9. The number of benzene rings is 1. The van der Waals surface area contributed by atoms with Gasteiger partial charge in [-0.25, -0.2) is 0 Å². The molecule has 0 bridgehead atoms. The van der Waals surface area contributed by atoms with Crippen LogP contribution in [0.5, 0.6) is 0 Å². The van der Waals surface area contributed by atoms with E-state index in [0.29, 0.717) is 6.54 Å². The van der Waals surface area contributed by atoms with Crippen LogP contribution in [0, 0.1) is 6.92 Å². The van der Waals surface area contributed by atoms with Crippen molar-refractivity contribution in [3.05, 3.63) is 34.4 Å². The molecular weight excluding hydrogens is 270 g/mol. The highest BCUT2D eigenvalue weighted by Crippen LogP contribution is 2.30. The van der Waals surface area contributed by atoms with E-state index < -0.39 is 5.97 Å². The number of carboxylic acid groups (broad SMARTS) is 1. The van der Waals surface area contributed by atoms with E-state index in [-0.39, 0.29) is 6.42 Å². The molecule has 0 aliphatic rings. The first-order chi connectivity index (χ1) is 7.61. The summed E-state index contributed by atoms with van der Waals surface area (Å²) in [6.45, 7) is 2.50. The average Bonchev–Trinajstić information content (AvgIpc) is 2.50. The topological polar surface area (TPSA) is 42.2 Å². The molecule has 0 atom stereocenters. The molecule has 2 aromatic rings. The molecule has 4 heteroatoms. The average molecular weight is 282 g/mol. The monoisotopic (exact) mass is 281 g/mol. The lowest BCUT2D eigenvalue weighted by atomic mass is 10.2. The highest BCUT2D eigenvalue weighted by molar-refractivity contribution is 9.10. The van der Waals surface area contributed by atoms with Crippen LogP contribution in [0.4, 0.5) is 0 Å². The fourth-order valence-electron chi connectivity index (χ4n) is 1.88. The summed E-state index contributed by atoms with van der Waals surface area (Å²) in [4.78, 5) is 10.6. The number of carboxylic acids is 1. The van der Waals surface area contributed by atoms with Gasteiger partial charge in [-0.15, -0.1) is 0 Å². The molecule has 1 aromatic heterocycles. The lowest BCUT2D eigenvalue weighted by Crippen LogP contribution is -2.05. The van der Waals surface area contributed by atoms with Gasteiger partial charge < -0.3 is 9.67 Å². The van der Waals surface area contributed by atoms with E-state index in [0.717, 1.165) is 21.1 Å². The summed E-state index contributed by atoms with van der Waals surface area (Å²) in [6, 6.07) is 7.98. The standard InChI is InChI=1S/C12H12BrNO2/c1-8-12(13)9-4-2-3-5-10(9)14(8)7-6-11(15)16/h2-5H,6-7H2,1H3,(H,15,16). The number of aromatic nitrogens is 1. The Labute approximate surface area is 102 Å². The van der Waals surface area contributed by atoms with Gasteiger partial charge in [0.25, 0.3) is 0 Å². The maximum Gasteiger partial charge on any atom is 0.305 e. The van der Waals surface area contributed by atoms with Crippen LogP contribution in [0.25, 0.3) is 10.9 Å². The van der Waals surface area contributed by atoms with Gasteiger partial charge in [0.1, 0.15) is 0 Å². The molecule has 0 radical (unpaired) electrons. The second-order valence-electron chi connectivity index (χ2n) is 3.71. The van der Waals surface area contributed by atoms with Crippen molar-refractivity contribution in [3.8, 4) is 0 Å². The van der Waals surface area contributed by atoms with Crippen LogP contribution >= 0.6 is 15.9 Å². The van der Waals surface area contributed by atoms with Crippen LogP contribution in [0.15, 0.2) is 28.7 Å². The Hall–Kier alpha value is -1.29. The van der Waals surface area contributed by atoms with Crippen LogP contribution in [-0.2, 0) is 11.3 Å². The Morgan fingerprint density at radius 3 is 2.81 bits per heavy atom. The van der Waals surface area contributed by atoms with Crippen LogP contribution in [0.1, 0.15) is 12.1 Å². The van der Waals surface area contributed by atoms with Gasteiger partial charge in [-0.2, -0.15) is 0 Å². The smallest absolute Gasteiger partial charge is 0.305 e. The molecule has 0 aliphatic carbocycles. The molecule has 0 unspecified atom stereocenters. The van der Waals surface area contributed by atoms with E-state index in [4.69, 9.17) is 5.11 Å². The predicted molar refractivity (Wildman–Crippen MR) is 66.6 cm³/mol. The Balaban J connectivity index is 2.51. The van der Waals surface area contributed by atoms with Gasteiger partial charge in [0.15, 0.2) is 0 Å². The van der Waals surface area contributed by atoms with Gasteiger partial charge in [0.05, 0.1) is 6.42 Å². The number of rotatable bonds is 3. The van der Waals surface area contributed by atoms with Crippen LogP contribution < -0.4 is 0 Å². The number of halogens is 1. The molecule has 0 fully saturated rings. The largest absolute Gasteiger partial charge is 0.481 e. The van der Waals surface area contributed by atoms with E-state index in [1.807, 2.05) is 35.8 Å². The fraction of sp³-hybridized carbons (Fsp3) is 0.250. The minimum atomic E-state index is -0.770. The first-order valence-corrected chi connectivity index (χ1v) is 5.85. The zero-order valence-corrected chi connectivity index (χ0v) is 10.5. The second-order valence-corrected chi connectivity index (χ2v) is 4.50. The Kier molecular flexibility index (Phi) is 3.01. The lowest BCUT2D eigenvalue weighted by Gasteiger charge is -2.05. The van der Waals surface area contributed by atoms with Crippen molar-refractivity contribution in [2.75, 3.05) is 0 Å². The molecule has 0 aliphatic heterocycles. The molecule has 0 saturated carbocycles. The Bertz CT molecular complexity index is 545. The third-order valence-electron chi connectivity index (χ3n) is 2.70. The number of aliphatic carboxylic acids is 1. The van der Waals surface area contributed by atoms with E-state index in [1.54, 1.807) is 0 Å². The van der Waals surface area contributed by atoms with Gasteiger partial charge >= 0.3 is 5.97 Å². The summed E-state index contributed by atoms with van der Waals surface area (Å²) in [7, 11) is 0. The van der Waals surface area contributed by atoms with Crippen molar-refractivity contribution in [1.82, 2.24) is 4.57 Å². The van der Waals surface area contributed by atoms with Gasteiger partial charge in [-0.3, -0.25) is 4.79 Å². The van der Waals surface area contributed by atoms with Crippen LogP contribution in [-0.4, -0.2) is 15.6 Å². The molecule has 0 spiro atoms. The van der Waals surface area contributed by atoms with Crippen molar-refractivity contribution >= 4 is 32.8 Å². The summed E-state index contributed by atoms with van der Waals surface area (Å²) >= 11 is 3.54. The third kappa shape index (κ3) is 1.85. The number of hydrogen-bond acceptors (Lipinski definition) is 1. The summed E-state index contributed by atoms with van der Waals surface area (Å²) in [5.41, 5.74) is 2.15. The first-order valence-electron chi connectivity index (χ1n) is 5.06. The van der Waals surface area contributed by atoms with Crippen molar-refractivity contribution < 1.29 is 9.90 Å². The van der Waals surface area contributed by atoms with Crippen molar-refractivity contribution in [2.24, 2.45) is 0 Å². The fourth-order valence-corrected chi connectivity index (χ4v) is 2.43. The van der Waals surface area contributed by atoms with E-state index >= 15 is 0 Å². The molecule has 3 nitrogen and oxygen atoms in total. The summed E-state index contributed by atoms with van der Waals surface area (Å²) < 4.78 is 3.08. The maximum absolute atomic E-state index is 10.6. The van der Waals surface area contributed by atoms with Gasteiger partial charge in [0, 0.05) is 27.6 Å². The molecule has 1 aromatic carbocycles. The Morgan fingerprint density at radius 1 is 1.44 bits per heavy atom. The zero-order valence-electron chi connectivity index (χ0n) is 8.90. The predicted octanol–water partition coefficient (Wildman–Crippen LogP) is 3.19. The van der Waals surface area contributed by atoms with Gasteiger partial charge in [0.2, 0.25) is 0 Å². The molecule has 0 saturated heterocycles. The number of fused-ring (bicyclic) bond motifs is 1. The van der Waals surface area contributed by atoms with Crippen molar-refractivity contribution in [1.29, 1.82) is 0 Å². The molecule has 16 heavy (non-hydrogen) atoms. The lowest BCUT2D eigenvalue weighted by molar-refractivity contribution is -0.137. The maximum atomic E-state index is 10.6. The molecule has 2 rings (SSSR count). The molecular formula is C12H12BrNO2. The first kappa shape index (κ1) is 11.2. The van der Waals surface area contributed by atoms with Crippen molar-refractivity contribution in [3.63, 3.8) is 0 Å².